The third kappa shape index (κ3) is 4.87. The van der Waals surface area contributed by atoms with Gasteiger partial charge >= 0.3 is 0 Å². The largest absolute Gasteiger partial charge is 0.496 e. The average Bonchev–Trinajstić information content (AvgIpc) is 2.36. The van der Waals surface area contributed by atoms with Crippen LogP contribution in [0.4, 0.5) is 4.39 Å². The molecule has 3 N–H and O–H groups in total. The maximum Gasteiger partial charge on any atom is 0.220 e. The molecular formula is C14H21FN2O2. The normalized spacial score (nSPS) is 13.7. The Morgan fingerprint density at radius 3 is 2.74 bits per heavy atom. The van der Waals surface area contributed by atoms with Crippen molar-refractivity contribution in [1.29, 1.82) is 0 Å². The monoisotopic (exact) mass is 268 g/mol. The highest BCUT2D eigenvalue weighted by atomic mass is 19.1. The smallest absolute Gasteiger partial charge is 0.220 e. The van der Waals surface area contributed by atoms with Crippen LogP contribution in [0, 0.1) is 5.82 Å². The second kappa shape index (κ2) is 7.09. The number of rotatable bonds is 6. The maximum atomic E-state index is 13.3. The van der Waals surface area contributed by atoms with Gasteiger partial charge in [-0.25, -0.2) is 4.39 Å². The highest BCUT2D eigenvalue weighted by Crippen LogP contribution is 2.25. The minimum atomic E-state index is -0.354. The second-order valence-corrected chi connectivity index (χ2v) is 4.69. The number of hydrogen-bond donors (Lipinski definition) is 2. The van der Waals surface area contributed by atoms with Gasteiger partial charge in [0.1, 0.15) is 11.6 Å². The van der Waals surface area contributed by atoms with Crippen LogP contribution in [0.25, 0.3) is 0 Å². The molecule has 106 valence electrons. The van der Waals surface area contributed by atoms with E-state index in [1.54, 1.807) is 13.0 Å². The van der Waals surface area contributed by atoms with Crippen LogP contribution in [0.1, 0.15) is 38.3 Å². The molecule has 0 saturated heterocycles. The highest BCUT2D eigenvalue weighted by molar-refractivity contribution is 5.76. The lowest BCUT2D eigenvalue weighted by atomic mass is 10.1. The summed E-state index contributed by atoms with van der Waals surface area (Å²) >= 11 is 0. The Bertz CT molecular complexity index is 435. The van der Waals surface area contributed by atoms with E-state index in [1.807, 2.05) is 6.92 Å². The first kappa shape index (κ1) is 15.4. The van der Waals surface area contributed by atoms with Crippen molar-refractivity contribution in [3.63, 3.8) is 0 Å². The molecule has 0 spiro atoms. The molecule has 1 aromatic carbocycles. The Hall–Kier alpha value is -1.62. The van der Waals surface area contributed by atoms with Crippen LogP contribution in [-0.4, -0.2) is 19.1 Å². The second-order valence-electron chi connectivity index (χ2n) is 4.69. The summed E-state index contributed by atoms with van der Waals surface area (Å²) in [6, 6.07) is 3.92. The molecule has 19 heavy (non-hydrogen) atoms. The molecule has 0 aromatic heterocycles. The quantitative estimate of drug-likeness (QED) is 0.830. The van der Waals surface area contributed by atoms with Gasteiger partial charge in [0.05, 0.1) is 13.2 Å². The van der Waals surface area contributed by atoms with Gasteiger partial charge in [0.2, 0.25) is 5.91 Å². The molecule has 2 unspecified atom stereocenters. The predicted molar refractivity (Wildman–Crippen MR) is 72.4 cm³/mol. The van der Waals surface area contributed by atoms with E-state index in [-0.39, 0.29) is 23.8 Å². The van der Waals surface area contributed by atoms with Gasteiger partial charge in [0.25, 0.3) is 0 Å². The summed E-state index contributed by atoms with van der Waals surface area (Å²) in [5.74, 6) is 0.102. The fraction of sp³-hybridized carbons (Fsp3) is 0.500. The topological polar surface area (TPSA) is 64.3 Å². The Balaban J connectivity index is 2.69. The van der Waals surface area contributed by atoms with Crippen LogP contribution in [0.15, 0.2) is 18.2 Å². The van der Waals surface area contributed by atoms with Crippen molar-refractivity contribution in [1.82, 2.24) is 5.32 Å². The Labute approximate surface area is 113 Å². The van der Waals surface area contributed by atoms with E-state index in [2.05, 4.69) is 5.32 Å². The third-order valence-electron chi connectivity index (χ3n) is 2.86. The fourth-order valence-corrected chi connectivity index (χ4v) is 1.79. The first-order valence-corrected chi connectivity index (χ1v) is 6.32. The molecule has 0 aliphatic rings. The number of amides is 1. The van der Waals surface area contributed by atoms with E-state index in [4.69, 9.17) is 10.5 Å². The maximum absolute atomic E-state index is 13.3. The van der Waals surface area contributed by atoms with Gasteiger partial charge in [-0.2, -0.15) is 0 Å². The number of ether oxygens (including phenoxy) is 1. The fourth-order valence-electron chi connectivity index (χ4n) is 1.79. The average molecular weight is 268 g/mol. The van der Waals surface area contributed by atoms with E-state index in [1.165, 1.54) is 19.2 Å². The molecule has 0 fully saturated rings. The molecular weight excluding hydrogens is 247 g/mol. The molecule has 1 rings (SSSR count). The molecule has 5 heteroatoms. The summed E-state index contributed by atoms with van der Waals surface area (Å²) in [6.07, 6.45) is 0.985. The van der Waals surface area contributed by atoms with Crippen LogP contribution >= 0.6 is 0 Å². The molecule has 0 aliphatic carbocycles. The minimum Gasteiger partial charge on any atom is -0.496 e. The lowest BCUT2D eigenvalue weighted by molar-refractivity contribution is -0.121. The molecule has 0 saturated carbocycles. The zero-order valence-electron chi connectivity index (χ0n) is 11.6. The zero-order valence-corrected chi connectivity index (χ0v) is 11.6. The van der Waals surface area contributed by atoms with Gasteiger partial charge in [-0.1, -0.05) is 0 Å². The van der Waals surface area contributed by atoms with Crippen LogP contribution < -0.4 is 15.8 Å². The van der Waals surface area contributed by atoms with Crippen molar-refractivity contribution < 1.29 is 13.9 Å². The first-order valence-electron chi connectivity index (χ1n) is 6.32. The van der Waals surface area contributed by atoms with Gasteiger partial charge < -0.3 is 15.8 Å². The number of nitrogens with one attached hydrogen (secondary N) is 1. The standard InChI is InChI=1S/C14H21FN2O2/c1-9(16)4-7-14(18)17-10(2)12-8-11(15)5-6-13(12)19-3/h5-6,8-10H,4,7,16H2,1-3H3,(H,17,18). The van der Waals surface area contributed by atoms with Gasteiger partial charge in [-0.05, 0) is 38.5 Å². The van der Waals surface area contributed by atoms with E-state index in [0.29, 0.717) is 24.2 Å². The molecule has 0 aliphatic heterocycles. The lowest BCUT2D eigenvalue weighted by Crippen LogP contribution is -2.28. The number of benzene rings is 1. The van der Waals surface area contributed by atoms with Crippen LogP contribution in [0.2, 0.25) is 0 Å². The summed E-state index contributed by atoms with van der Waals surface area (Å²) < 4.78 is 18.4. The Kier molecular flexibility index (Phi) is 5.76. The van der Waals surface area contributed by atoms with Crippen molar-refractivity contribution in [2.45, 2.75) is 38.8 Å². The number of carbonyl (C=O) groups is 1. The number of methoxy groups -OCH3 is 1. The molecule has 1 amide bonds. The van der Waals surface area contributed by atoms with Gasteiger partial charge in [0, 0.05) is 18.0 Å². The molecule has 1 aromatic rings. The summed E-state index contributed by atoms with van der Waals surface area (Å²) in [6.45, 7) is 3.65. The molecule has 0 heterocycles. The van der Waals surface area contributed by atoms with E-state index < -0.39 is 0 Å². The number of hydrogen-bond acceptors (Lipinski definition) is 3. The third-order valence-corrected chi connectivity index (χ3v) is 2.86. The molecule has 0 radical (unpaired) electrons. The van der Waals surface area contributed by atoms with Crippen molar-refractivity contribution in [3.05, 3.63) is 29.6 Å². The predicted octanol–water partition coefficient (Wildman–Crippen LogP) is 2.14. The van der Waals surface area contributed by atoms with Crippen molar-refractivity contribution in [2.24, 2.45) is 5.73 Å². The van der Waals surface area contributed by atoms with Crippen LogP contribution in [0.5, 0.6) is 5.75 Å². The number of halogens is 1. The minimum absolute atomic E-state index is 0.00948. The number of carbonyl (C=O) groups excluding carboxylic acids is 1. The van der Waals surface area contributed by atoms with Crippen LogP contribution in [-0.2, 0) is 4.79 Å². The summed E-state index contributed by atoms with van der Waals surface area (Å²) in [4.78, 5) is 11.7. The molecule has 2 atom stereocenters. The van der Waals surface area contributed by atoms with E-state index >= 15 is 0 Å². The Morgan fingerprint density at radius 1 is 1.47 bits per heavy atom. The van der Waals surface area contributed by atoms with Crippen molar-refractivity contribution >= 4 is 5.91 Å². The SMILES string of the molecule is COc1ccc(F)cc1C(C)NC(=O)CCC(C)N. The van der Waals surface area contributed by atoms with Crippen LogP contribution in [0.3, 0.4) is 0 Å². The molecule has 4 nitrogen and oxygen atoms in total. The first-order chi connectivity index (χ1) is 8.93. The van der Waals surface area contributed by atoms with Gasteiger partial charge in [0.15, 0.2) is 0 Å². The van der Waals surface area contributed by atoms with Gasteiger partial charge in [-0.15, -0.1) is 0 Å². The van der Waals surface area contributed by atoms with Crippen molar-refractivity contribution in [3.8, 4) is 5.75 Å². The lowest BCUT2D eigenvalue weighted by Gasteiger charge is -2.17. The van der Waals surface area contributed by atoms with Crippen molar-refractivity contribution in [2.75, 3.05) is 7.11 Å². The van der Waals surface area contributed by atoms with Gasteiger partial charge in [-0.3, -0.25) is 4.79 Å². The van der Waals surface area contributed by atoms with E-state index in [0.717, 1.165) is 0 Å². The Morgan fingerprint density at radius 2 is 2.16 bits per heavy atom. The summed E-state index contributed by atoms with van der Waals surface area (Å²) in [5, 5.41) is 2.81. The summed E-state index contributed by atoms with van der Waals surface area (Å²) in [5.41, 5.74) is 6.22. The summed E-state index contributed by atoms with van der Waals surface area (Å²) in [7, 11) is 1.52. The molecule has 0 bridgehead atoms. The number of nitrogens with two attached hydrogens (primary N) is 1. The highest BCUT2D eigenvalue weighted by Gasteiger charge is 2.15. The zero-order chi connectivity index (χ0) is 14.4. The van der Waals surface area contributed by atoms with E-state index in [9.17, 15) is 9.18 Å².